The Bertz CT molecular complexity index is 790. The van der Waals surface area contributed by atoms with E-state index in [9.17, 15) is 0 Å². The van der Waals surface area contributed by atoms with Crippen LogP contribution in [0, 0.1) is 13.8 Å². The highest BCUT2D eigenvalue weighted by molar-refractivity contribution is 7.98. The molecule has 0 atom stereocenters. The van der Waals surface area contributed by atoms with Crippen LogP contribution in [0.4, 0.5) is 5.82 Å². The zero-order valence-corrected chi connectivity index (χ0v) is 14.1. The SMILES string of the molecule is Cc1ccc(Sn2ccc3c(NC(C)C)nc(C)nc32)cc1. The van der Waals surface area contributed by atoms with Crippen LogP contribution in [0.5, 0.6) is 0 Å². The first kappa shape index (κ1) is 14.9. The fourth-order valence-corrected chi connectivity index (χ4v) is 3.10. The van der Waals surface area contributed by atoms with Crippen LogP contribution in [0.15, 0.2) is 41.4 Å². The van der Waals surface area contributed by atoms with E-state index in [4.69, 9.17) is 0 Å². The van der Waals surface area contributed by atoms with Crippen LogP contribution in [0.2, 0.25) is 0 Å². The number of benzene rings is 1. The van der Waals surface area contributed by atoms with Gasteiger partial charge >= 0.3 is 0 Å². The molecule has 22 heavy (non-hydrogen) atoms. The van der Waals surface area contributed by atoms with Gasteiger partial charge < -0.3 is 5.32 Å². The van der Waals surface area contributed by atoms with Crippen molar-refractivity contribution in [3.63, 3.8) is 0 Å². The Kier molecular flexibility index (Phi) is 4.07. The van der Waals surface area contributed by atoms with E-state index in [-0.39, 0.29) is 0 Å². The summed E-state index contributed by atoms with van der Waals surface area (Å²) in [7, 11) is 0. The molecule has 0 aliphatic rings. The molecule has 0 aliphatic carbocycles. The molecular weight excluding hydrogens is 292 g/mol. The Morgan fingerprint density at radius 3 is 2.45 bits per heavy atom. The summed E-state index contributed by atoms with van der Waals surface area (Å²) in [5.74, 6) is 1.68. The van der Waals surface area contributed by atoms with E-state index in [1.807, 2.05) is 6.92 Å². The minimum Gasteiger partial charge on any atom is -0.367 e. The Hall–Kier alpha value is -2.01. The van der Waals surface area contributed by atoms with Crippen molar-refractivity contribution >= 4 is 28.8 Å². The molecule has 0 radical (unpaired) electrons. The highest BCUT2D eigenvalue weighted by Crippen LogP contribution is 2.29. The lowest BCUT2D eigenvalue weighted by Crippen LogP contribution is -2.12. The number of nitrogens with zero attached hydrogens (tertiary/aromatic N) is 3. The normalized spacial score (nSPS) is 11.3. The van der Waals surface area contributed by atoms with Gasteiger partial charge in [0.1, 0.15) is 11.6 Å². The molecule has 0 aliphatic heterocycles. The molecule has 0 saturated carbocycles. The molecule has 5 heteroatoms. The van der Waals surface area contributed by atoms with Crippen LogP contribution < -0.4 is 5.32 Å². The maximum Gasteiger partial charge on any atom is 0.156 e. The predicted octanol–water partition coefficient (Wildman–Crippen LogP) is 4.42. The van der Waals surface area contributed by atoms with Gasteiger partial charge in [0, 0.05) is 17.1 Å². The summed E-state index contributed by atoms with van der Waals surface area (Å²) in [5, 5.41) is 4.45. The molecule has 0 amide bonds. The first-order valence-electron chi connectivity index (χ1n) is 7.40. The van der Waals surface area contributed by atoms with Crippen molar-refractivity contribution in [1.82, 2.24) is 13.9 Å². The molecule has 2 heterocycles. The van der Waals surface area contributed by atoms with Crippen molar-refractivity contribution < 1.29 is 0 Å². The average Bonchev–Trinajstić information content (AvgIpc) is 2.84. The van der Waals surface area contributed by atoms with E-state index in [0.29, 0.717) is 6.04 Å². The number of hydrogen-bond acceptors (Lipinski definition) is 4. The number of hydrogen-bond donors (Lipinski definition) is 1. The van der Waals surface area contributed by atoms with Crippen molar-refractivity contribution in [2.24, 2.45) is 0 Å². The predicted molar refractivity (Wildman–Crippen MR) is 93.5 cm³/mol. The number of anilines is 1. The molecule has 1 N–H and O–H groups in total. The van der Waals surface area contributed by atoms with Gasteiger partial charge in [0.25, 0.3) is 0 Å². The largest absolute Gasteiger partial charge is 0.367 e. The second-order valence-corrected chi connectivity index (χ2v) is 6.75. The fraction of sp³-hybridized carbons (Fsp3) is 0.294. The summed E-state index contributed by atoms with van der Waals surface area (Å²) >= 11 is 1.67. The third-order valence-electron chi connectivity index (χ3n) is 3.27. The van der Waals surface area contributed by atoms with Gasteiger partial charge in [-0.05, 0) is 57.8 Å². The van der Waals surface area contributed by atoms with E-state index in [2.05, 4.69) is 76.6 Å². The fourth-order valence-electron chi connectivity index (χ4n) is 2.27. The monoisotopic (exact) mass is 312 g/mol. The number of aryl methyl sites for hydroxylation is 2. The van der Waals surface area contributed by atoms with Gasteiger partial charge in [0.2, 0.25) is 0 Å². The molecule has 0 spiro atoms. The molecule has 0 saturated heterocycles. The number of rotatable bonds is 4. The van der Waals surface area contributed by atoms with Crippen molar-refractivity contribution in [2.75, 3.05) is 5.32 Å². The Balaban J connectivity index is 2.00. The van der Waals surface area contributed by atoms with Crippen molar-refractivity contribution in [3.8, 4) is 0 Å². The maximum atomic E-state index is 4.61. The highest BCUT2D eigenvalue weighted by Gasteiger charge is 2.11. The quantitative estimate of drug-likeness (QED) is 0.774. The zero-order valence-electron chi connectivity index (χ0n) is 13.3. The highest BCUT2D eigenvalue weighted by atomic mass is 32.2. The zero-order chi connectivity index (χ0) is 15.7. The molecule has 3 rings (SSSR count). The number of fused-ring (bicyclic) bond motifs is 1. The molecular formula is C17H20N4S. The molecule has 2 aromatic heterocycles. The van der Waals surface area contributed by atoms with Crippen LogP contribution in [0.1, 0.15) is 25.2 Å². The van der Waals surface area contributed by atoms with E-state index < -0.39 is 0 Å². The lowest BCUT2D eigenvalue weighted by Gasteiger charge is -2.11. The third-order valence-corrected chi connectivity index (χ3v) is 4.25. The van der Waals surface area contributed by atoms with Crippen molar-refractivity contribution in [2.45, 2.75) is 38.6 Å². The Labute approximate surface area is 135 Å². The van der Waals surface area contributed by atoms with Gasteiger partial charge in [-0.15, -0.1) is 0 Å². The second-order valence-electron chi connectivity index (χ2n) is 5.70. The van der Waals surface area contributed by atoms with Crippen molar-refractivity contribution in [3.05, 3.63) is 47.9 Å². The van der Waals surface area contributed by atoms with Crippen molar-refractivity contribution in [1.29, 1.82) is 0 Å². The summed E-state index contributed by atoms with van der Waals surface area (Å²) in [5.41, 5.74) is 2.21. The minimum atomic E-state index is 0.339. The number of aromatic nitrogens is 3. The Morgan fingerprint density at radius 1 is 1.05 bits per heavy atom. The first-order valence-corrected chi connectivity index (χ1v) is 8.17. The summed E-state index contributed by atoms with van der Waals surface area (Å²) in [6.45, 7) is 8.25. The lowest BCUT2D eigenvalue weighted by atomic mass is 10.2. The van der Waals surface area contributed by atoms with Gasteiger partial charge in [0.05, 0.1) is 5.39 Å². The molecule has 114 valence electrons. The van der Waals surface area contributed by atoms with Crippen LogP contribution in [-0.4, -0.2) is 20.0 Å². The first-order chi connectivity index (χ1) is 10.5. The van der Waals surface area contributed by atoms with Gasteiger partial charge in [-0.1, -0.05) is 17.7 Å². The summed E-state index contributed by atoms with van der Waals surface area (Å²) < 4.78 is 2.10. The molecule has 0 fully saturated rings. The molecule has 1 aromatic carbocycles. The summed E-state index contributed by atoms with van der Waals surface area (Å²) in [6.07, 6.45) is 2.05. The Morgan fingerprint density at radius 2 is 1.77 bits per heavy atom. The average molecular weight is 312 g/mol. The van der Waals surface area contributed by atoms with Gasteiger partial charge in [0.15, 0.2) is 5.65 Å². The van der Waals surface area contributed by atoms with Gasteiger partial charge in [-0.3, -0.25) is 3.97 Å². The summed E-state index contributed by atoms with van der Waals surface area (Å²) in [4.78, 5) is 10.3. The van der Waals surface area contributed by atoms with Crippen LogP contribution >= 0.6 is 11.9 Å². The van der Waals surface area contributed by atoms with Gasteiger partial charge in [-0.2, -0.15) is 0 Å². The van der Waals surface area contributed by atoms with Gasteiger partial charge in [-0.25, -0.2) is 9.97 Å². The van der Waals surface area contributed by atoms with E-state index >= 15 is 0 Å². The van der Waals surface area contributed by atoms with E-state index in [1.165, 1.54) is 10.5 Å². The second kappa shape index (κ2) is 6.01. The topological polar surface area (TPSA) is 42.7 Å². The smallest absolute Gasteiger partial charge is 0.156 e. The van der Waals surface area contributed by atoms with E-state index in [0.717, 1.165) is 22.7 Å². The molecule has 0 unspecified atom stereocenters. The number of nitrogens with one attached hydrogen (secondary N) is 1. The minimum absolute atomic E-state index is 0.339. The molecule has 3 aromatic rings. The molecule has 0 bridgehead atoms. The van der Waals surface area contributed by atoms with Crippen LogP contribution in [0.25, 0.3) is 11.0 Å². The lowest BCUT2D eigenvalue weighted by molar-refractivity contribution is 0.886. The third kappa shape index (κ3) is 3.09. The standard InChI is InChI=1S/C17H20N4S/c1-11(2)18-16-15-9-10-21(17(15)20-13(4)19-16)22-14-7-5-12(3)6-8-14/h5-11H,1-4H3,(H,18,19,20). The summed E-state index contributed by atoms with van der Waals surface area (Å²) in [6, 6.07) is 10.9. The van der Waals surface area contributed by atoms with E-state index in [1.54, 1.807) is 11.9 Å². The maximum absolute atomic E-state index is 4.61. The van der Waals surface area contributed by atoms with Crippen LogP contribution in [0.3, 0.4) is 0 Å². The molecule has 4 nitrogen and oxygen atoms in total. The van der Waals surface area contributed by atoms with Crippen LogP contribution in [-0.2, 0) is 0 Å².